The second-order valence-corrected chi connectivity index (χ2v) is 5.35. The average Bonchev–Trinajstić information content (AvgIpc) is 2.97. The second kappa shape index (κ2) is 5.48. The largest absolute Gasteiger partial charge is 0.481 e. The zero-order chi connectivity index (χ0) is 14.8. The van der Waals surface area contributed by atoms with Gasteiger partial charge in [-0.05, 0) is 13.3 Å². The monoisotopic (exact) mass is 281 g/mol. The number of rotatable bonds is 4. The van der Waals surface area contributed by atoms with Crippen LogP contribution in [0.5, 0.6) is 0 Å². The topological polar surface area (TPSA) is 100 Å². The minimum atomic E-state index is -0.856. The van der Waals surface area contributed by atoms with Gasteiger partial charge < -0.3 is 15.3 Å². The third-order valence-electron chi connectivity index (χ3n) is 3.55. The Morgan fingerprint density at radius 2 is 2.30 bits per heavy atom. The van der Waals surface area contributed by atoms with Gasteiger partial charge in [-0.2, -0.15) is 5.10 Å². The highest BCUT2D eigenvalue weighted by molar-refractivity contribution is 5.79. The molecule has 2 amide bonds. The number of hydrogen-bond acceptors (Lipinski definition) is 4. The number of aryl methyl sites for hydroxylation is 1. The number of hydrogen-bond donors (Lipinski definition) is 2. The van der Waals surface area contributed by atoms with E-state index in [-0.39, 0.29) is 12.6 Å². The lowest BCUT2D eigenvalue weighted by molar-refractivity contribution is -0.146. The minimum absolute atomic E-state index is 0.231. The summed E-state index contributed by atoms with van der Waals surface area (Å²) in [4.78, 5) is 28.6. The summed E-state index contributed by atoms with van der Waals surface area (Å²) in [6.45, 7) is 2.82. The maximum atomic E-state index is 11.9. The van der Waals surface area contributed by atoms with Crippen molar-refractivity contribution in [2.24, 2.45) is 12.5 Å². The first kappa shape index (κ1) is 14.3. The summed E-state index contributed by atoms with van der Waals surface area (Å²) in [5.41, 5.74) is -0.833. The van der Waals surface area contributed by atoms with Crippen molar-refractivity contribution in [2.45, 2.75) is 19.8 Å². The van der Waals surface area contributed by atoms with E-state index in [4.69, 9.17) is 5.11 Å². The number of nitrogens with one attached hydrogen (secondary N) is 1. The molecule has 8 nitrogen and oxygen atoms in total. The molecular weight excluding hydrogens is 262 g/mol. The van der Waals surface area contributed by atoms with Gasteiger partial charge in [-0.15, -0.1) is 0 Å². The van der Waals surface area contributed by atoms with Crippen LogP contribution in [-0.2, 0) is 18.3 Å². The van der Waals surface area contributed by atoms with Gasteiger partial charge in [-0.1, -0.05) is 0 Å². The second-order valence-electron chi connectivity index (χ2n) is 5.35. The number of urea groups is 1. The fraction of sp³-hybridized carbons (Fsp3) is 0.667. The predicted molar refractivity (Wildman–Crippen MR) is 70.0 cm³/mol. The number of nitrogens with zero attached hydrogens (tertiary/aromatic N) is 4. The SMILES string of the molecule is Cn1cnc(CCNC(=O)N2CCC(C)(C(=O)O)C2)n1. The van der Waals surface area contributed by atoms with Crippen molar-refractivity contribution >= 4 is 12.0 Å². The first-order valence-corrected chi connectivity index (χ1v) is 6.51. The molecule has 2 N–H and O–H groups in total. The Morgan fingerprint density at radius 3 is 2.85 bits per heavy atom. The maximum absolute atomic E-state index is 11.9. The van der Waals surface area contributed by atoms with Crippen LogP contribution in [0.3, 0.4) is 0 Å². The Labute approximate surface area is 116 Å². The van der Waals surface area contributed by atoms with Gasteiger partial charge in [0.05, 0.1) is 5.41 Å². The highest BCUT2D eigenvalue weighted by Gasteiger charge is 2.42. The Bertz CT molecular complexity index is 515. The molecule has 20 heavy (non-hydrogen) atoms. The van der Waals surface area contributed by atoms with Gasteiger partial charge in [0.2, 0.25) is 0 Å². The van der Waals surface area contributed by atoms with Crippen LogP contribution in [-0.4, -0.2) is 56.4 Å². The summed E-state index contributed by atoms with van der Waals surface area (Å²) in [5.74, 6) is -0.185. The van der Waals surface area contributed by atoms with Gasteiger partial charge in [0.1, 0.15) is 6.33 Å². The van der Waals surface area contributed by atoms with E-state index in [1.54, 1.807) is 29.9 Å². The van der Waals surface area contributed by atoms with Gasteiger partial charge in [-0.25, -0.2) is 9.78 Å². The molecule has 110 valence electrons. The number of carbonyl (C=O) groups is 2. The Hall–Kier alpha value is -2.12. The number of amides is 2. The molecule has 0 aromatic carbocycles. The molecule has 0 radical (unpaired) electrons. The van der Waals surface area contributed by atoms with Crippen molar-refractivity contribution in [1.29, 1.82) is 0 Å². The molecule has 0 bridgehead atoms. The molecule has 0 aliphatic carbocycles. The van der Waals surface area contributed by atoms with Crippen molar-refractivity contribution < 1.29 is 14.7 Å². The van der Waals surface area contributed by atoms with Crippen LogP contribution >= 0.6 is 0 Å². The van der Waals surface area contributed by atoms with E-state index < -0.39 is 11.4 Å². The zero-order valence-electron chi connectivity index (χ0n) is 11.7. The van der Waals surface area contributed by atoms with E-state index in [1.807, 2.05) is 0 Å². The van der Waals surface area contributed by atoms with Gasteiger partial charge in [0.15, 0.2) is 5.82 Å². The van der Waals surface area contributed by atoms with Crippen molar-refractivity contribution in [3.05, 3.63) is 12.2 Å². The van der Waals surface area contributed by atoms with Crippen LogP contribution in [0.1, 0.15) is 19.2 Å². The lowest BCUT2D eigenvalue weighted by atomic mass is 9.90. The van der Waals surface area contributed by atoms with Crippen LogP contribution in [0.15, 0.2) is 6.33 Å². The summed E-state index contributed by atoms with van der Waals surface area (Å²) in [6.07, 6.45) is 2.64. The zero-order valence-corrected chi connectivity index (χ0v) is 11.7. The molecule has 2 heterocycles. The van der Waals surface area contributed by atoms with Gasteiger partial charge in [-0.3, -0.25) is 9.48 Å². The molecule has 0 saturated carbocycles. The number of aromatic nitrogens is 3. The molecule has 1 unspecified atom stereocenters. The van der Waals surface area contributed by atoms with E-state index in [1.165, 1.54) is 0 Å². The van der Waals surface area contributed by atoms with Crippen LogP contribution in [0.25, 0.3) is 0 Å². The maximum Gasteiger partial charge on any atom is 0.317 e. The van der Waals surface area contributed by atoms with Gasteiger partial charge >= 0.3 is 12.0 Å². The molecule has 1 aliphatic rings. The predicted octanol–water partition coefficient (Wildman–Crippen LogP) is -0.136. The third-order valence-corrected chi connectivity index (χ3v) is 3.55. The molecule has 8 heteroatoms. The van der Waals surface area contributed by atoms with Crippen LogP contribution in [0.2, 0.25) is 0 Å². The smallest absolute Gasteiger partial charge is 0.317 e. The van der Waals surface area contributed by atoms with Crippen molar-refractivity contribution in [3.8, 4) is 0 Å². The van der Waals surface area contributed by atoms with Crippen molar-refractivity contribution in [2.75, 3.05) is 19.6 Å². The standard InChI is InChI=1S/C12H19N5O3/c1-12(10(18)19)4-6-17(7-12)11(20)13-5-3-9-14-8-16(2)15-9/h8H,3-7H2,1-2H3,(H,13,20)(H,18,19). The first-order valence-electron chi connectivity index (χ1n) is 6.51. The van der Waals surface area contributed by atoms with E-state index in [0.717, 1.165) is 0 Å². The van der Waals surface area contributed by atoms with E-state index in [0.29, 0.717) is 31.8 Å². The van der Waals surface area contributed by atoms with E-state index in [2.05, 4.69) is 15.4 Å². The molecule has 1 saturated heterocycles. The number of carboxylic acid groups (broad SMARTS) is 1. The highest BCUT2D eigenvalue weighted by atomic mass is 16.4. The van der Waals surface area contributed by atoms with E-state index in [9.17, 15) is 9.59 Å². The summed E-state index contributed by atoms with van der Waals surface area (Å²) in [6, 6.07) is -0.231. The van der Waals surface area contributed by atoms with Crippen molar-refractivity contribution in [1.82, 2.24) is 25.0 Å². The summed E-state index contributed by atoms with van der Waals surface area (Å²) >= 11 is 0. The molecule has 1 aliphatic heterocycles. The van der Waals surface area contributed by atoms with Gasteiger partial charge in [0.25, 0.3) is 0 Å². The molecule has 2 rings (SSSR count). The quantitative estimate of drug-likeness (QED) is 0.800. The van der Waals surface area contributed by atoms with Crippen molar-refractivity contribution in [3.63, 3.8) is 0 Å². The summed E-state index contributed by atoms with van der Waals surface area (Å²) < 4.78 is 1.61. The molecule has 1 aromatic rings. The molecule has 0 spiro atoms. The van der Waals surface area contributed by atoms with Crippen LogP contribution in [0.4, 0.5) is 4.79 Å². The minimum Gasteiger partial charge on any atom is -0.481 e. The highest BCUT2D eigenvalue weighted by Crippen LogP contribution is 2.29. The fourth-order valence-electron chi connectivity index (χ4n) is 2.20. The average molecular weight is 281 g/mol. The molecular formula is C12H19N5O3. The first-order chi connectivity index (χ1) is 9.40. The number of likely N-dealkylation sites (tertiary alicyclic amines) is 1. The molecule has 1 aromatic heterocycles. The summed E-state index contributed by atoms with van der Waals surface area (Å²) in [7, 11) is 1.78. The fourth-order valence-corrected chi connectivity index (χ4v) is 2.20. The number of aliphatic carboxylic acids is 1. The molecule has 1 atom stereocenters. The Morgan fingerprint density at radius 1 is 1.55 bits per heavy atom. The normalized spacial score (nSPS) is 22.0. The number of carboxylic acids is 1. The van der Waals surface area contributed by atoms with Crippen LogP contribution in [0, 0.1) is 5.41 Å². The lowest BCUT2D eigenvalue weighted by Crippen LogP contribution is -2.41. The summed E-state index contributed by atoms with van der Waals surface area (Å²) in [5, 5.41) is 16.0. The third kappa shape index (κ3) is 3.06. The van der Waals surface area contributed by atoms with E-state index >= 15 is 0 Å². The number of carbonyl (C=O) groups excluding carboxylic acids is 1. The Balaban J connectivity index is 1.77. The Kier molecular flexibility index (Phi) is 3.91. The molecule has 1 fully saturated rings. The van der Waals surface area contributed by atoms with Crippen LogP contribution < -0.4 is 5.32 Å². The van der Waals surface area contributed by atoms with Gasteiger partial charge in [0, 0.05) is 33.1 Å². The lowest BCUT2D eigenvalue weighted by Gasteiger charge is -2.20.